The molecular formula is C26H37FN2O3. The molecule has 0 aliphatic carbocycles. The van der Waals surface area contributed by atoms with Gasteiger partial charge in [-0.2, -0.15) is 0 Å². The number of likely N-dealkylation sites (tertiary alicyclic amines) is 1. The summed E-state index contributed by atoms with van der Waals surface area (Å²) in [6, 6.07) is 11.0. The van der Waals surface area contributed by atoms with Crippen molar-refractivity contribution in [1.29, 1.82) is 0 Å². The molecule has 0 spiro atoms. The van der Waals surface area contributed by atoms with Gasteiger partial charge in [-0.15, -0.1) is 0 Å². The van der Waals surface area contributed by atoms with E-state index >= 15 is 0 Å². The maximum Gasteiger partial charge on any atom is 0.207 e. The largest absolute Gasteiger partial charge is 0.493 e. The van der Waals surface area contributed by atoms with Gasteiger partial charge in [0.25, 0.3) is 0 Å². The fourth-order valence-electron chi connectivity index (χ4n) is 3.82. The van der Waals surface area contributed by atoms with Crippen LogP contribution in [0.4, 0.5) is 4.39 Å². The van der Waals surface area contributed by atoms with Gasteiger partial charge in [0.05, 0.1) is 6.61 Å². The smallest absolute Gasteiger partial charge is 0.207 e. The molecule has 1 atom stereocenters. The van der Waals surface area contributed by atoms with E-state index in [1.54, 1.807) is 12.1 Å². The average molecular weight is 445 g/mol. The number of aryl methyl sites for hydroxylation is 1. The molecule has 2 aromatic carbocycles. The molecule has 0 aromatic heterocycles. The van der Waals surface area contributed by atoms with Crippen LogP contribution in [0.2, 0.25) is 0 Å². The van der Waals surface area contributed by atoms with Crippen LogP contribution in [0.15, 0.2) is 36.4 Å². The van der Waals surface area contributed by atoms with E-state index in [0.717, 1.165) is 50.2 Å². The number of aliphatic hydroxyl groups excluding tert-OH is 1. The first kappa shape index (κ1) is 25.8. The van der Waals surface area contributed by atoms with Crippen molar-refractivity contribution >= 4 is 6.41 Å². The van der Waals surface area contributed by atoms with E-state index in [1.807, 2.05) is 6.92 Å². The maximum atomic E-state index is 12.1. The molecule has 1 unspecified atom stereocenters. The van der Waals surface area contributed by atoms with Gasteiger partial charge >= 0.3 is 0 Å². The fourth-order valence-corrected chi connectivity index (χ4v) is 3.82. The molecule has 1 heterocycles. The van der Waals surface area contributed by atoms with E-state index in [0.29, 0.717) is 18.6 Å². The lowest BCUT2D eigenvalue weighted by molar-refractivity contribution is -0.110. The summed E-state index contributed by atoms with van der Waals surface area (Å²) in [6.45, 7) is 12.1. The number of ether oxygens (including phenoxy) is 1. The second-order valence-electron chi connectivity index (χ2n) is 8.50. The summed E-state index contributed by atoms with van der Waals surface area (Å²) in [5.74, 6) is 1.34. The number of rotatable bonds is 10. The summed E-state index contributed by atoms with van der Waals surface area (Å²) in [7, 11) is 0. The highest BCUT2D eigenvalue weighted by Gasteiger charge is 2.31. The van der Waals surface area contributed by atoms with Crippen molar-refractivity contribution in [2.24, 2.45) is 5.92 Å². The molecule has 32 heavy (non-hydrogen) atoms. The van der Waals surface area contributed by atoms with E-state index in [-0.39, 0.29) is 12.4 Å². The average Bonchev–Trinajstić information content (AvgIpc) is 2.75. The van der Waals surface area contributed by atoms with Crippen molar-refractivity contribution in [3.8, 4) is 5.75 Å². The van der Waals surface area contributed by atoms with E-state index in [9.17, 15) is 9.18 Å². The molecule has 3 rings (SSSR count). The standard InChI is InChI=1S/C19H30N2O3.C7H7F/c1-14-15(2)19(24-9-5-4-8-22)7-6-18(14)16(3)21-11-17(12-21)10-20-13-23;1-6-2-4-7(8)5-3-6/h6-7,13,16-17,22H,4-5,8-12H2,1-3H3,(H,20,23);2-5H,1H3. The minimum absolute atomic E-state index is 0.171. The first-order valence-electron chi connectivity index (χ1n) is 11.3. The van der Waals surface area contributed by atoms with Crippen molar-refractivity contribution in [1.82, 2.24) is 10.2 Å². The van der Waals surface area contributed by atoms with Gasteiger partial charge in [-0.1, -0.05) is 23.8 Å². The van der Waals surface area contributed by atoms with Crippen molar-refractivity contribution in [2.45, 2.75) is 46.6 Å². The molecule has 0 saturated carbocycles. The highest BCUT2D eigenvalue weighted by atomic mass is 19.1. The van der Waals surface area contributed by atoms with Gasteiger partial charge in [0.15, 0.2) is 0 Å². The second kappa shape index (κ2) is 13.2. The van der Waals surface area contributed by atoms with Gasteiger partial charge in [0, 0.05) is 38.2 Å². The lowest BCUT2D eigenvalue weighted by atomic mass is 9.91. The number of amides is 1. The molecule has 1 saturated heterocycles. The summed E-state index contributed by atoms with van der Waals surface area (Å²) in [5, 5.41) is 11.6. The van der Waals surface area contributed by atoms with Gasteiger partial charge in [-0.25, -0.2) is 4.39 Å². The first-order chi connectivity index (χ1) is 15.4. The van der Waals surface area contributed by atoms with E-state index in [4.69, 9.17) is 9.84 Å². The molecule has 6 heteroatoms. The van der Waals surface area contributed by atoms with Crippen LogP contribution in [0.25, 0.3) is 0 Å². The van der Waals surface area contributed by atoms with Gasteiger partial charge in [-0.3, -0.25) is 9.69 Å². The molecule has 176 valence electrons. The monoisotopic (exact) mass is 444 g/mol. The minimum atomic E-state index is -0.171. The molecule has 1 aliphatic heterocycles. The Balaban J connectivity index is 0.000000380. The molecule has 2 N–H and O–H groups in total. The van der Waals surface area contributed by atoms with Crippen molar-refractivity contribution in [3.63, 3.8) is 0 Å². The maximum absolute atomic E-state index is 12.1. The molecule has 0 bridgehead atoms. The molecule has 1 amide bonds. The van der Waals surface area contributed by atoms with E-state index in [2.05, 4.69) is 43.1 Å². The van der Waals surface area contributed by atoms with E-state index < -0.39 is 0 Å². The Labute approximate surface area is 191 Å². The highest BCUT2D eigenvalue weighted by Crippen LogP contribution is 2.33. The van der Waals surface area contributed by atoms with Crippen LogP contribution in [0.1, 0.15) is 48.1 Å². The van der Waals surface area contributed by atoms with Crippen LogP contribution in [0, 0.1) is 32.5 Å². The topological polar surface area (TPSA) is 61.8 Å². The summed E-state index contributed by atoms with van der Waals surface area (Å²) in [6.07, 6.45) is 2.43. The number of carbonyl (C=O) groups excluding carboxylic acids is 1. The Morgan fingerprint density at radius 3 is 2.41 bits per heavy atom. The third kappa shape index (κ3) is 7.61. The molecule has 1 fully saturated rings. The van der Waals surface area contributed by atoms with Crippen LogP contribution in [-0.4, -0.2) is 49.3 Å². The summed E-state index contributed by atoms with van der Waals surface area (Å²) in [4.78, 5) is 12.8. The number of benzene rings is 2. The predicted octanol–water partition coefficient (Wildman–Crippen LogP) is 4.33. The molecule has 5 nitrogen and oxygen atoms in total. The molecule has 0 radical (unpaired) electrons. The van der Waals surface area contributed by atoms with Crippen molar-refractivity contribution < 1.29 is 19.0 Å². The van der Waals surface area contributed by atoms with Gasteiger partial charge in [0.1, 0.15) is 11.6 Å². The highest BCUT2D eigenvalue weighted by molar-refractivity contribution is 5.46. The number of unbranched alkanes of at least 4 members (excludes halogenated alkanes) is 1. The molecule has 2 aromatic rings. The summed E-state index contributed by atoms with van der Waals surface area (Å²) >= 11 is 0. The third-order valence-corrected chi connectivity index (χ3v) is 6.07. The molecular weight excluding hydrogens is 407 g/mol. The Kier molecular flexibility index (Phi) is 10.6. The number of hydrogen-bond donors (Lipinski definition) is 2. The zero-order chi connectivity index (χ0) is 23.5. The van der Waals surface area contributed by atoms with Crippen molar-refractivity contribution in [3.05, 3.63) is 64.5 Å². The number of aliphatic hydroxyl groups is 1. The second-order valence-corrected chi connectivity index (χ2v) is 8.50. The van der Waals surface area contributed by atoms with Crippen LogP contribution in [-0.2, 0) is 4.79 Å². The number of hydrogen-bond acceptors (Lipinski definition) is 4. The Hall–Kier alpha value is -2.44. The fraction of sp³-hybridized carbons (Fsp3) is 0.500. The summed E-state index contributed by atoms with van der Waals surface area (Å²) < 4.78 is 17.9. The summed E-state index contributed by atoms with van der Waals surface area (Å²) in [5.41, 5.74) is 4.92. The zero-order valence-electron chi connectivity index (χ0n) is 19.7. The quantitative estimate of drug-likeness (QED) is 0.423. The number of carbonyl (C=O) groups is 1. The van der Waals surface area contributed by atoms with Crippen molar-refractivity contribution in [2.75, 3.05) is 32.8 Å². The van der Waals surface area contributed by atoms with Crippen LogP contribution in [0.5, 0.6) is 5.75 Å². The van der Waals surface area contributed by atoms with Crippen LogP contribution >= 0.6 is 0 Å². The third-order valence-electron chi connectivity index (χ3n) is 6.07. The zero-order valence-corrected chi connectivity index (χ0v) is 19.7. The van der Waals surface area contributed by atoms with Gasteiger partial charge < -0.3 is 15.2 Å². The Bertz CT molecular complexity index is 815. The van der Waals surface area contributed by atoms with Gasteiger partial charge in [-0.05, 0) is 75.4 Å². The first-order valence-corrected chi connectivity index (χ1v) is 11.3. The Morgan fingerprint density at radius 1 is 1.12 bits per heavy atom. The van der Waals surface area contributed by atoms with Crippen LogP contribution in [0.3, 0.4) is 0 Å². The number of nitrogens with one attached hydrogen (secondary N) is 1. The minimum Gasteiger partial charge on any atom is -0.493 e. The lowest BCUT2D eigenvalue weighted by Crippen LogP contribution is -2.51. The van der Waals surface area contributed by atoms with Crippen LogP contribution < -0.4 is 10.1 Å². The molecule has 1 aliphatic rings. The number of nitrogens with zero attached hydrogens (tertiary/aromatic N) is 1. The Morgan fingerprint density at radius 2 is 1.81 bits per heavy atom. The van der Waals surface area contributed by atoms with E-state index in [1.165, 1.54) is 28.8 Å². The number of halogens is 1. The predicted molar refractivity (Wildman–Crippen MR) is 126 cm³/mol. The normalized spacial score (nSPS) is 14.7. The lowest BCUT2D eigenvalue weighted by Gasteiger charge is -2.43. The van der Waals surface area contributed by atoms with Gasteiger partial charge in [0.2, 0.25) is 6.41 Å². The SMILES string of the molecule is Cc1c(OCCCCO)ccc(C(C)N2CC(CNC=O)C2)c1C.Cc1ccc(F)cc1.